The van der Waals surface area contributed by atoms with Crippen LogP contribution in [0.4, 0.5) is 5.69 Å². The Morgan fingerprint density at radius 1 is 1.25 bits per heavy atom. The van der Waals surface area contributed by atoms with E-state index in [9.17, 15) is 4.79 Å². The minimum absolute atomic E-state index is 0.0796. The van der Waals surface area contributed by atoms with Gasteiger partial charge in [-0.2, -0.15) is 5.10 Å². The maximum absolute atomic E-state index is 12.1. The van der Waals surface area contributed by atoms with Gasteiger partial charge in [0.05, 0.1) is 11.9 Å². The lowest BCUT2D eigenvalue weighted by atomic mass is 10.0. The van der Waals surface area contributed by atoms with Gasteiger partial charge < -0.3 is 5.32 Å². The average molecular weight is 391 g/mol. The van der Waals surface area contributed by atoms with Crippen molar-refractivity contribution in [2.45, 2.75) is 38.9 Å². The highest BCUT2D eigenvalue weighted by Gasteiger charge is 2.20. The minimum Gasteiger partial charge on any atom is -0.380 e. The number of piperidine rings is 1. The Hall–Kier alpha value is -1.66. The minimum atomic E-state index is -0.0796. The normalized spacial score (nSPS) is 16.2. The predicted octanol–water partition coefficient (Wildman–Crippen LogP) is 3.10. The summed E-state index contributed by atoms with van der Waals surface area (Å²) in [4.78, 5) is 14.6. The smallest absolute Gasteiger partial charge is 0.283 e. The van der Waals surface area contributed by atoms with Crippen LogP contribution in [0.25, 0.3) is 0 Å². The van der Waals surface area contributed by atoms with Gasteiger partial charge in [0.2, 0.25) is 0 Å². The number of hydrogen-bond donors (Lipinski definition) is 1. The lowest BCUT2D eigenvalue weighted by Gasteiger charge is -2.33. The first kappa shape index (κ1) is 17.2. The van der Waals surface area contributed by atoms with E-state index < -0.39 is 0 Å². The monoisotopic (exact) mass is 390 g/mol. The summed E-state index contributed by atoms with van der Waals surface area (Å²) in [6.07, 6.45) is 3.87. The number of rotatable bonds is 5. The molecule has 2 aromatic rings. The van der Waals surface area contributed by atoms with Crippen molar-refractivity contribution in [1.82, 2.24) is 14.7 Å². The molecule has 128 valence electrons. The third-order valence-corrected chi connectivity index (χ3v) is 5.25. The van der Waals surface area contributed by atoms with Crippen molar-refractivity contribution < 1.29 is 0 Å². The number of nitrogens with zero attached hydrogens (tertiary/aromatic N) is 3. The summed E-state index contributed by atoms with van der Waals surface area (Å²) >= 11 is 3.41. The summed E-state index contributed by atoms with van der Waals surface area (Å²) < 4.78 is 2.03. The lowest BCUT2D eigenvalue weighted by molar-refractivity contribution is 0.211. The molecule has 1 aromatic heterocycles. The summed E-state index contributed by atoms with van der Waals surface area (Å²) in [7, 11) is 0. The zero-order valence-electron chi connectivity index (χ0n) is 13.9. The van der Waals surface area contributed by atoms with Crippen LogP contribution < -0.4 is 10.9 Å². The standard InChI is InChI=1S/C18H23BrN4O/c1-2-23-18(24)17(19)16(12-20-23)21-15-8-10-22(11-9-15)13-14-6-4-3-5-7-14/h3-7,12,15,21H,2,8-11,13H2,1H3. The number of aromatic nitrogens is 2. The van der Waals surface area contributed by atoms with E-state index in [1.807, 2.05) is 6.92 Å². The van der Waals surface area contributed by atoms with E-state index in [1.54, 1.807) is 6.20 Å². The van der Waals surface area contributed by atoms with Gasteiger partial charge in [-0.3, -0.25) is 9.69 Å². The highest BCUT2D eigenvalue weighted by atomic mass is 79.9. The Morgan fingerprint density at radius 3 is 2.62 bits per heavy atom. The number of hydrogen-bond acceptors (Lipinski definition) is 4. The summed E-state index contributed by atoms with van der Waals surface area (Å²) in [5.41, 5.74) is 2.08. The Balaban J connectivity index is 1.56. The number of benzene rings is 1. The van der Waals surface area contributed by atoms with Gasteiger partial charge in [-0.15, -0.1) is 0 Å². The van der Waals surface area contributed by atoms with E-state index >= 15 is 0 Å². The second kappa shape index (κ2) is 7.94. The second-order valence-electron chi connectivity index (χ2n) is 6.17. The maximum Gasteiger partial charge on any atom is 0.283 e. The molecule has 1 aliphatic heterocycles. The highest BCUT2D eigenvalue weighted by molar-refractivity contribution is 9.10. The van der Waals surface area contributed by atoms with Crippen molar-refractivity contribution in [2.75, 3.05) is 18.4 Å². The largest absolute Gasteiger partial charge is 0.380 e. The Kier molecular flexibility index (Phi) is 5.68. The first-order chi connectivity index (χ1) is 11.7. The Labute approximate surface area is 150 Å². The molecule has 0 aliphatic carbocycles. The fourth-order valence-electron chi connectivity index (χ4n) is 3.09. The van der Waals surface area contributed by atoms with Crippen LogP contribution in [-0.2, 0) is 13.1 Å². The third-order valence-electron chi connectivity index (χ3n) is 4.48. The second-order valence-corrected chi connectivity index (χ2v) is 6.97. The van der Waals surface area contributed by atoms with Crippen molar-refractivity contribution in [3.05, 3.63) is 56.9 Å². The van der Waals surface area contributed by atoms with Gasteiger partial charge in [0.25, 0.3) is 5.56 Å². The Morgan fingerprint density at radius 2 is 1.96 bits per heavy atom. The molecule has 0 spiro atoms. The van der Waals surface area contributed by atoms with Crippen LogP contribution in [-0.4, -0.2) is 33.8 Å². The quantitative estimate of drug-likeness (QED) is 0.851. The summed E-state index contributed by atoms with van der Waals surface area (Å²) in [5, 5.41) is 7.67. The molecule has 3 rings (SSSR count). The molecule has 24 heavy (non-hydrogen) atoms. The van der Waals surface area contributed by atoms with Crippen molar-refractivity contribution in [2.24, 2.45) is 0 Å². The molecule has 1 fully saturated rings. The molecule has 0 radical (unpaired) electrons. The van der Waals surface area contributed by atoms with Crippen LogP contribution in [0.5, 0.6) is 0 Å². The average Bonchev–Trinajstić information content (AvgIpc) is 2.62. The molecule has 0 unspecified atom stereocenters. The van der Waals surface area contributed by atoms with Crippen molar-refractivity contribution in [3.8, 4) is 0 Å². The lowest BCUT2D eigenvalue weighted by Crippen LogP contribution is -2.39. The SMILES string of the molecule is CCn1ncc(NC2CCN(Cc3ccccc3)CC2)c(Br)c1=O. The molecular formula is C18H23BrN4O. The van der Waals surface area contributed by atoms with Gasteiger partial charge in [0.1, 0.15) is 4.47 Å². The molecule has 1 N–H and O–H groups in total. The zero-order valence-corrected chi connectivity index (χ0v) is 15.5. The molecule has 5 nitrogen and oxygen atoms in total. The fourth-order valence-corrected chi connectivity index (χ4v) is 3.51. The van der Waals surface area contributed by atoms with Crippen LogP contribution >= 0.6 is 15.9 Å². The van der Waals surface area contributed by atoms with Crippen molar-refractivity contribution >= 4 is 21.6 Å². The maximum atomic E-state index is 12.1. The molecule has 0 atom stereocenters. The molecular weight excluding hydrogens is 368 g/mol. The number of anilines is 1. The fraction of sp³-hybridized carbons (Fsp3) is 0.444. The van der Waals surface area contributed by atoms with Crippen LogP contribution in [0, 0.1) is 0 Å². The summed E-state index contributed by atoms with van der Waals surface area (Å²) in [6, 6.07) is 11.0. The predicted molar refractivity (Wildman–Crippen MR) is 100 cm³/mol. The molecule has 1 aromatic carbocycles. The number of aryl methyl sites for hydroxylation is 1. The van der Waals surface area contributed by atoms with Gasteiger partial charge >= 0.3 is 0 Å². The summed E-state index contributed by atoms with van der Waals surface area (Å²) in [6.45, 7) is 5.62. The molecule has 1 saturated heterocycles. The topological polar surface area (TPSA) is 50.2 Å². The van der Waals surface area contributed by atoms with Crippen molar-refractivity contribution in [1.29, 1.82) is 0 Å². The van der Waals surface area contributed by atoms with Crippen LogP contribution in [0.2, 0.25) is 0 Å². The van der Waals surface area contributed by atoms with Gasteiger partial charge in [0.15, 0.2) is 0 Å². The van der Waals surface area contributed by atoms with Crippen LogP contribution in [0.15, 0.2) is 45.8 Å². The molecule has 1 aliphatic rings. The van der Waals surface area contributed by atoms with E-state index in [4.69, 9.17) is 0 Å². The van der Waals surface area contributed by atoms with Gasteiger partial charge in [0, 0.05) is 32.2 Å². The van der Waals surface area contributed by atoms with Crippen LogP contribution in [0.3, 0.4) is 0 Å². The van der Waals surface area contributed by atoms with E-state index in [1.165, 1.54) is 10.2 Å². The number of likely N-dealkylation sites (tertiary alicyclic amines) is 1. The molecule has 0 amide bonds. The molecule has 0 saturated carbocycles. The Bertz CT molecular complexity index is 724. The van der Waals surface area contributed by atoms with Gasteiger partial charge in [-0.1, -0.05) is 30.3 Å². The van der Waals surface area contributed by atoms with Crippen LogP contribution in [0.1, 0.15) is 25.3 Å². The first-order valence-corrected chi connectivity index (χ1v) is 9.25. The van der Waals surface area contributed by atoms with E-state index in [0.29, 0.717) is 17.1 Å². The summed E-state index contributed by atoms with van der Waals surface area (Å²) in [5.74, 6) is 0. The highest BCUT2D eigenvalue weighted by Crippen LogP contribution is 2.21. The first-order valence-electron chi connectivity index (χ1n) is 8.46. The third kappa shape index (κ3) is 4.05. The van der Waals surface area contributed by atoms with E-state index in [2.05, 4.69) is 61.6 Å². The number of halogens is 1. The molecule has 2 heterocycles. The van der Waals surface area contributed by atoms with Crippen molar-refractivity contribution in [3.63, 3.8) is 0 Å². The zero-order chi connectivity index (χ0) is 16.9. The van der Waals surface area contributed by atoms with Gasteiger partial charge in [-0.25, -0.2) is 4.68 Å². The molecule has 0 bridgehead atoms. The van der Waals surface area contributed by atoms with E-state index in [-0.39, 0.29) is 5.56 Å². The van der Waals surface area contributed by atoms with Gasteiger partial charge in [-0.05, 0) is 41.3 Å². The number of nitrogens with one attached hydrogen (secondary N) is 1. The molecule has 6 heteroatoms. The van der Waals surface area contributed by atoms with E-state index in [0.717, 1.165) is 38.2 Å².